The van der Waals surface area contributed by atoms with Gasteiger partial charge in [0.15, 0.2) is 0 Å². The van der Waals surface area contributed by atoms with E-state index in [1.54, 1.807) is 6.20 Å². The van der Waals surface area contributed by atoms with E-state index in [0.29, 0.717) is 13.0 Å². The van der Waals surface area contributed by atoms with Crippen LogP contribution in [0.3, 0.4) is 0 Å². The van der Waals surface area contributed by atoms with Gasteiger partial charge in [0, 0.05) is 36.6 Å². The fourth-order valence-corrected chi connectivity index (χ4v) is 1.90. The molecule has 0 aliphatic carbocycles. The van der Waals surface area contributed by atoms with Crippen LogP contribution < -0.4 is 16.4 Å². The lowest BCUT2D eigenvalue weighted by Gasteiger charge is -2.09. The number of carbonyl (C=O) groups is 1. The van der Waals surface area contributed by atoms with Crippen molar-refractivity contribution in [3.63, 3.8) is 0 Å². The number of urea groups is 1. The highest BCUT2D eigenvalue weighted by Crippen LogP contribution is 2.13. The molecule has 1 heterocycles. The molecule has 0 saturated heterocycles. The number of carbonyl (C=O) groups excluding carboxylic acids is 1. The predicted molar refractivity (Wildman–Crippen MR) is 84.0 cm³/mol. The third-order valence-electron chi connectivity index (χ3n) is 3.09. The Bertz CT molecular complexity index is 567. The number of nitrogens with zero attached hydrogens (tertiary/aromatic N) is 1. The number of pyridine rings is 1. The summed E-state index contributed by atoms with van der Waals surface area (Å²) in [4.78, 5) is 16.0. The molecule has 2 rings (SSSR count). The second-order valence-corrected chi connectivity index (χ2v) is 4.86. The Hall–Kier alpha value is -2.40. The molecule has 0 bridgehead atoms. The first-order valence-corrected chi connectivity index (χ1v) is 6.95. The molecule has 2 amide bonds. The highest BCUT2D eigenvalue weighted by atomic mass is 16.2. The molecule has 5 heteroatoms. The largest absolute Gasteiger partial charge is 0.337 e. The van der Waals surface area contributed by atoms with Crippen LogP contribution in [0, 0.1) is 0 Å². The van der Waals surface area contributed by atoms with Crippen LogP contribution >= 0.6 is 0 Å². The van der Waals surface area contributed by atoms with Gasteiger partial charge in [-0.2, -0.15) is 0 Å². The van der Waals surface area contributed by atoms with Crippen LogP contribution in [0.25, 0.3) is 0 Å². The van der Waals surface area contributed by atoms with Gasteiger partial charge in [-0.25, -0.2) is 4.79 Å². The molecule has 0 saturated carbocycles. The quantitative estimate of drug-likeness (QED) is 0.789. The molecule has 0 fully saturated rings. The number of benzene rings is 1. The van der Waals surface area contributed by atoms with E-state index in [9.17, 15) is 4.79 Å². The summed E-state index contributed by atoms with van der Waals surface area (Å²) in [5.41, 5.74) is 8.52. The van der Waals surface area contributed by atoms with E-state index in [4.69, 9.17) is 5.73 Å². The van der Waals surface area contributed by atoms with Crippen molar-refractivity contribution in [2.24, 2.45) is 5.73 Å². The molecule has 0 aliphatic rings. The first kappa shape index (κ1) is 15.0. The van der Waals surface area contributed by atoms with Gasteiger partial charge < -0.3 is 16.4 Å². The van der Waals surface area contributed by atoms with Crippen LogP contribution in [0.15, 0.2) is 48.7 Å². The zero-order chi connectivity index (χ0) is 15.1. The molecule has 1 aromatic carbocycles. The zero-order valence-corrected chi connectivity index (χ0v) is 12.0. The maximum Gasteiger partial charge on any atom is 0.319 e. The molecule has 0 radical (unpaired) electrons. The van der Waals surface area contributed by atoms with E-state index in [2.05, 4.69) is 15.6 Å². The number of nitrogens with two attached hydrogens (primary N) is 1. The minimum absolute atomic E-state index is 0.00810. The maximum absolute atomic E-state index is 11.8. The number of rotatable bonds is 5. The van der Waals surface area contributed by atoms with Gasteiger partial charge in [-0.3, -0.25) is 4.98 Å². The molecule has 110 valence electrons. The van der Waals surface area contributed by atoms with E-state index in [1.165, 1.54) is 0 Å². The molecule has 21 heavy (non-hydrogen) atoms. The standard InChI is InChI=1S/C16H20N4O/c1-12(17)13-5-7-15(8-6-13)20-16(21)19-11-9-14-4-2-3-10-18-14/h2-8,10,12H,9,11,17H2,1H3,(H2,19,20,21). The van der Waals surface area contributed by atoms with Gasteiger partial charge in [0.05, 0.1) is 0 Å². The van der Waals surface area contributed by atoms with Crippen molar-refractivity contribution in [2.75, 3.05) is 11.9 Å². The van der Waals surface area contributed by atoms with Crippen molar-refractivity contribution in [1.82, 2.24) is 10.3 Å². The Morgan fingerprint density at radius 3 is 2.62 bits per heavy atom. The molecule has 1 aromatic heterocycles. The molecule has 0 spiro atoms. The van der Waals surface area contributed by atoms with Crippen LogP contribution in [0.2, 0.25) is 0 Å². The minimum atomic E-state index is -0.223. The van der Waals surface area contributed by atoms with Crippen LogP contribution in [-0.4, -0.2) is 17.6 Å². The van der Waals surface area contributed by atoms with Crippen molar-refractivity contribution in [3.05, 3.63) is 59.9 Å². The van der Waals surface area contributed by atoms with Crippen molar-refractivity contribution in [3.8, 4) is 0 Å². The first-order valence-electron chi connectivity index (χ1n) is 6.95. The van der Waals surface area contributed by atoms with Gasteiger partial charge in [0.25, 0.3) is 0 Å². The van der Waals surface area contributed by atoms with E-state index in [1.807, 2.05) is 49.4 Å². The Morgan fingerprint density at radius 2 is 2.00 bits per heavy atom. The zero-order valence-electron chi connectivity index (χ0n) is 12.0. The third-order valence-corrected chi connectivity index (χ3v) is 3.09. The predicted octanol–water partition coefficient (Wildman–Crippen LogP) is 2.47. The van der Waals surface area contributed by atoms with Crippen molar-refractivity contribution >= 4 is 11.7 Å². The van der Waals surface area contributed by atoms with Crippen molar-refractivity contribution < 1.29 is 4.79 Å². The number of anilines is 1. The van der Waals surface area contributed by atoms with Crippen LogP contribution in [-0.2, 0) is 6.42 Å². The average Bonchev–Trinajstić information content (AvgIpc) is 2.49. The molecule has 1 unspecified atom stereocenters. The third kappa shape index (κ3) is 4.89. The highest BCUT2D eigenvalue weighted by Gasteiger charge is 2.03. The Kier molecular flexibility index (Phi) is 5.29. The molecular formula is C16H20N4O. The summed E-state index contributed by atoms with van der Waals surface area (Å²) in [6.07, 6.45) is 2.45. The normalized spacial score (nSPS) is 11.7. The van der Waals surface area contributed by atoms with Gasteiger partial charge in [-0.05, 0) is 36.8 Å². The molecule has 4 N–H and O–H groups in total. The van der Waals surface area contributed by atoms with Gasteiger partial charge >= 0.3 is 6.03 Å². The lowest BCUT2D eigenvalue weighted by molar-refractivity contribution is 0.252. The molecule has 5 nitrogen and oxygen atoms in total. The topological polar surface area (TPSA) is 80.0 Å². The number of hydrogen-bond acceptors (Lipinski definition) is 3. The summed E-state index contributed by atoms with van der Waals surface area (Å²) >= 11 is 0. The lowest BCUT2D eigenvalue weighted by Crippen LogP contribution is -2.30. The van der Waals surface area contributed by atoms with Crippen LogP contribution in [0.4, 0.5) is 10.5 Å². The fraction of sp³-hybridized carbons (Fsp3) is 0.250. The summed E-state index contributed by atoms with van der Waals surface area (Å²) in [5.74, 6) is 0. The highest BCUT2D eigenvalue weighted by molar-refractivity contribution is 5.89. The van der Waals surface area contributed by atoms with Crippen LogP contribution in [0.5, 0.6) is 0 Å². The molecule has 1 atom stereocenters. The Balaban J connectivity index is 1.76. The van der Waals surface area contributed by atoms with E-state index in [0.717, 1.165) is 16.9 Å². The second-order valence-electron chi connectivity index (χ2n) is 4.86. The van der Waals surface area contributed by atoms with Crippen molar-refractivity contribution in [2.45, 2.75) is 19.4 Å². The molecule has 0 aliphatic heterocycles. The van der Waals surface area contributed by atoms with E-state index < -0.39 is 0 Å². The SMILES string of the molecule is CC(N)c1ccc(NC(=O)NCCc2ccccn2)cc1. The summed E-state index contributed by atoms with van der Waals surface area (Å²) < 4.78 is 0. The molecule has 2 aromatic rings. The first-order chi connectivity index (χ1) is 10.1. The summed E-state index contributed by atoms with van der Waals surface area (Å²) in [5, 5.41) is 5.59. The summed E-state index contributed by atoms with van der Waals surface area (Å²) in [6, 6.07) is 13.0. The monoisotopic (exact) mass is 284 g/mol. The van der Waals surface area contributed by atoms with Gasteiger partial charge in [-0.15, -0.1) is 0 Å². The average molecular weight is 284 g/mol. The second kappa shape index (κ2) is 7.40. The van der Waals surface area contributed by atoms with Crippen molar-refractivity contribution in [1.29, 1.82) is 0 Å². The fourth-order valence-electron chi connectivity index (χ4n) is 1.90. The molecular weight excluding hydrogens is 264 g/mol. The Morgan fingerprint density at radius 1 is 1.24 bits per heavy atom. The van der Waals surface area contributed by atoms with E-state index >= 15 is 0 Å². The summed E-state index contributed by atoms with van der Waals surface area (Å²) in [7, 11) is 0. The van der Waals surface area contributed by atoms with Crippen LogP contribution in [0.1, 0.15) is 24.2 Å². The van der Waals surface area contributed by atoms with Gasteiger partial charge in [0.1, 0.15) is 0 Å². The smallest absolute Gasteiger partial charge is 0.319 e. The lowest BCUT2D eigenvalue weighted by atomic mass is 10.1. The van der Waals surface area contributed by atoms with Gasteiger partial charge in [-0.1, -0.05) is 18.2 Å². The number of nitrogens with one attached hydrogen (secondary N) is 2. The van der Waals surface area contributed by atoms with Gasteiger partial charge in [0.2, 0.25) is 0 Å². The minimum Gasteiger partial charge on any atom is -0.337 e. The maximum atomic E-state index is 11.8. The number of hydrogen-bond donors (Lipinski definition) is 3. The Labute approximate surface area is 124 Å². The summed E-state index contributed by atoms with van der Waals surface area (Å²) in [6.45, 7) is 2.47. The van der Waals surface area contributed by atoms with E-state index in [-0.39, 0.29) is 12.1 Å². The number of aromatic nitrogens is 1. The number of amides is 2.